The Morgan fingerprint density at radius 3 is 2.54 bits per heavy atom. The molecule has 0 aliphatic carbocycles. The molecule has 35 heavy (non-hydrogen) atoms. The molecule has 2 aromatic heterocycles. The van der Waals surface area contributed by atoms with Gasteiger partial charge in [-0.1, -0.05) is 43.7 Å². The average Bonchev–Trinajstić information content (AvgIpc) is 3.30. The number of rotatable bonds is 8. The van der Waals surface area contributed by atoms with Gasteiger partial charge in [-0.2, -0.15) is 0 Å². The van der Waals surface area contributed by atoms with Crippen LogP contribution >= 0.6 is 0 Å². The number of pyridine rings is 1. The number of benzene rings is 2. The van der Waals surface area contributed by atoms with Crippen molar-refractivity contribution in [3.05, 3.63) is 87.2 Å². The highest BCUT2D eigenvalue weighted by atomic mass is 19.1. The Morgan fingerprint density at radius 2 is 1.86 bits per heavy atom. The number of hydrogen-bond acceptors (Lipinski definition) is 5. The molecule has 0 spiro atoms. The van der Waals surface area contributed by atoms with Crippen LogP contribution < -0.4 is 5.56 Å². The van der Waals surface area contributed by atoms with Gasteiger partial charge < -0.3 is 4.98 Å². The molecule has 0 amide bonds. The van der Waals surface area contributed by atoms with Crippen molar-refractivity contribution in [2.45, 2.75) is 72.1 Å². The monoisotopic (exact) mass is 476 g/mol. The lowest BCUT2D eigenvalue weighted by Crippen LogP contribution is -2.35. The van der Waals surface area contributed by atoms with Crippen LogP contribution in [0.25, 0.3) is 10.9 Å². The van der Waals surface area contributed by atoms with E-state index in [2.05, 4.69) is 53.1 Å². The van der Waals surface area contributed by atoms with Crippen molar-refractivity contribution in [3.8, 4) is 0 Å². The maximum Gasteiger partial charge on any atom is 0.252 e. The minimum atomic E-state index is -0.301. The highest BCUT2D eigenvalue weighted by Crippen LogP contribution is 2.30. The molecule has 0 bridgehead atoms. The number of H-pyrrole nitrogens is 1. The van der Waals surface area contributed by atoms with E-state index in [0.717, 1.165) is 40.7 Å². The van der Waals surface area contributed by atoms with E-state index in [4.69, 9.17) is 0 Å². The van der Waals surface area contributed by atoms with Gasteiger partial charge in [-0.3, -0.25) is 9.69 Å². The number of halogens is 1. The average molecular weight is 477 g/mol. The molecular formula is C27H33FN6O. The molecule has 4 rings (SSSR count). The number of aryl methyl sites for hydroxylation is 1. The fourth-order valence-electron chi connectivity index (χ4n) is 4.49. The van der Waals surface area contributed by atoms with Gasteiger partial charge in [0.25, 0.3) is 5.56 Å². The van der Waals surface area contributed by atoms with Crippen molar-refractivity contribution in [2.75, 3.05) is 0 Å². The summed E-state index contributed by atoms with van der Waals surface area (Å²) in [5.41, 5.74) is 3.10. The second-order valence-corrected chi connectivity index (χ2v) is 10.1. The molecule has 0 aliphatic rings. The quantitative estimate of drug-likeness (QED) is 0.375. The Kier molecular flexibility index (Phi) is 7.12. The van der Waals surface area contributed by atoms with Gasteiger partial charge in [-0.05, 0) is 79.3 Å². The Labute approximate surface area is 205 Å². The molecule has 0 unspecified atom stereocenters. The van der Waals surface area contributed by atoms with Crippen molar-refractivity contribution in [1.29, 1.82) is 0 Å². The predicted octanol–water partition coefficient (Wildman–Crippen LogP) is 5.26. The van der Waals surface area contributed by atoms with Gasteiger partial charge in [0.15, 0.2) is 5.82 Å². The smallest absolute Gasteiger partial charge is 0.252 e. The first-order chi connectivity index (χ1) is 16.7. The summed E-state index contributed by atoms with van der Waals surface area (Å²) >= 11 is 0. The van der Waals surface area contributed by atoms with Crippen molar-refractivity contribution in [3.63, 3.8) is 0 Å². The summed E-state index contributed by atoms with van der Waals surface area (Å²) in [5.74, 6) is 0.484. The first-order valence-electron chi connectivity index (χ1n) is 12.1. The summed E-state index contributed by atoms with van der Waals surface area (Å²) in [7, 11) is 0. The van der Waals surface area contributed by atoms with Crippen LogP contribution in [0.5, 0.6) is 0 Å². The van der Waals surface area contributed by atoms with Gasteiger partial charge in [0.1, 0.15) is 5.82 Å². The summed E-state index contributed by atoms with van der Waals surface area (Å²) in [4.78, 5) is 18.4. The molecule has 8 heteroatoms. The van der Waals surface area contributed by atoms with Crippen LogP contribution in [0, 0.1) is 12.7 Å². The lowest BCUT2D eigenvalue weighted by Gasteiger charge is -2.33. The maximum absolute atomic E-state index is 13.6. The molecule has 0 aliphatic heterocycles. The molecule has 0 saturated carbocycles. The van der Waals surface area contributed by atoms with E-state index in [1.54, 1.807) is 12.1 Å². The number of hydrogen-bond donors (Lipinski definition) is 1. The van der Waals surface area contributed by atoms with Crippen LogP contribution in [-0.4, -0.2) is 30.1 Å². The van der Waals surface area contributed by atoms with Crippen LogP contribution in [0.3, 0.4) is 0 Å². The van der Waals surface area contributed by atoms with Gasteiger partial charge in [0, 0.05) is 18.7 Å². The normalized spacial score (nSPS) is 13.0. The third-order valence-corrected chi connectivity index (χ3v) is 6.27. The van der Waals surface area contributed by atoms with Crippen LogP contribution in [-0.2, 0) is 18.6 Å². The van der Waals surface area contributed by atoms with Crippen LogP contribution in [0.15, 0.2) is 53.3 Å². The van der Waals surface area contributed by atoms with Gasteiger partial charge >= 0.3 is 0 Å². The van der Waals surface area contributed by atoms with E-state index < -0.39 is 0 Å². The zero-order valence-electron chi connectivity index (χ0n) is 21.0. The molecule has 4 aromatic rings. The first kappa shape index (κ1) is 24.7. The minimum Gasteiger partial charge on any atom is -0.321 e. The fraction of sp³-hybridized carbons (Fsp3) is 0.407. The van der Waals surface area contributed by atoms with Crippen molar-refractivity contribution in [1.82, 2.24) is 30.1 Å². The lowest BCUT2D eigenvalue weighted by molar-refractivity contribution is 0.148. The number of aromatic amines is 1. The zero-order chi connectivity index (χ0) is 25.2. The molecule has 2 heterocycles. The van der Waals surface area contributed by atoms with Crippen molar-refractivity contribution >= 4 is 10.9 Å². The predicted molar refractivity (Wildman–Crippen MR) is 135 cm³/mol. The molecule has 0 radical (unpaired) electrons. The molecule has 0 fully saturated rings. The van der Waals surface area contributed by atoms with Crippen molar-refractivity contribution in [2.24, 2.45) is 0 Å². The molecule has 1 atom stereocenters. The lowest BCUT2D eigenvalue weighted by atomic mass is 10.0. The topological polar surface area (TPSA) is 79.7 Å². The highest BCUT2D eigenvalue weighted by Gasteiger charge is 2.30. The Balaban J connectivity index is 1.79. The Hall–Kier alpha value is -3.39. The number of aromatic nitrogens is 5. The van der Waals surface area contributed by atoms with Gasteiger partial charge in [-0.25, -0.2) is 9.07 Å². The Morgan fingerprint density at radius 1 is 1.11 bits per heavy atom. The van der Waals surface area contributed by atoms with E-state index in [-0.39, 0.29) is 23.0 Å². The maximum atomic E-state index is 13.6. The summed E-state index contributed by atoms with van der Waals surface area (Å²) in [5, 5.41) is 13.7. The third kappa shape index (κ3) is 5.48. The number of nitrogens with one attached hydrogen (secondary N) is 1. The number of nitrogens with zero attached hydrogens (tertiary/aromatic N) is 5. The van der Waals surface area contributed by atoms with Crippen molar-refractivity contribution < 1.29 is 4.39 Å². The molecule has 2 aromatic carbocycles. The standard InChI is InChI=1S/C27H33FN6O/c1-6-8-23(25-30-31-32-34(25)27(3,4)5)33(16-19-11-13-22(28)14-12-19)17-21-15-20-10-7-9-18(2)24(20)29-26(21)35/h7,9-15,23H,6,8,16-17H2,1-5H3,(H,29,35)/t23-/m1/s1. The third-order valence-electron chi connectivity index (χ3n) is 6.27. The molecule has 184 valence electrons. The second kappa shape index (κ2) is 10.1. The zero-order valence-corrected chi connectivity index (χ0v) is 21.0. The number of tetrazole rings is 1. The Bertz CT molecular complexity index is 1350. The van der Waals surface area contributed by atoms with Crippen LogP contribution in [0.2, 0.25) is 0 Å². The van der Waals surface area contributed by atoms with Gasteiger partial charge in [0.05, 0.1) is 17.1 Å². The largest absolute Gasteiger partial charge is 0.321 e. The van der Waals surface area contributed by atoms with Crippen LogP contribution in [0.4, 0.5) is 4.39 Å². The van der Waals surface area contributed by atoms with Gasteiger partial charge in [0.2, 0.25) is 0 Å². The molecule has 1 N–H and O–H groups in total. The fourth-order valence-corrected chi connectivity index (χ4v) is 4.49. The summed E-state index contributed by atoms with van der Waals surface area (Å²) in [6.45, 7) is 11.2. The SMILES string of the molecule is CCC[C@H](c1nnnn1C(C)(C)C)N(Cc1ccc(F)cc1)Cc1cc2cccc(C)c2[nH]c1=O. The number of para-hydroxylation sites is 1. The first-order valence-corrected chi connectivity index (χ1v) is 12.1. The van der Waals surface area contributed by atoms with Crippen LogP contribution in [0.1, 0.15) is 69.1 Å². The van der Waals surface area contributed by atoms with E-state index >= 15 is 0 Å². The van der Waals surface area contributed by atoms with E-state index in [9.17, 15) is 9.18 Å². The minimum absolute atomic E-state index is 0.110. The van der Waals surface area contributed by atoms with E-state index in [1.807, 2.05) is 35.9 Å². The molecular weight excluding hydrogens is 443 g/mol. The number of fused-ring (bicyclic) bond motifs is 1. The molecule has 7 nitrogen and oxygen atoms in total. The highest BCUT2D eigenvalue weighted by molar-refractivity contribution is 5.81. The summed E-state index contributed by atoms with van der Waals surface area (Å²) < 4.78 is 15.5. The van der Waals surface area contributed by atoms with E-state index in [1.165, 1.54) is 12.1 Å². The second-order valence-electron chi connectivity index (χ2n) is 10.1. The van der Waals surface area contributed by atoms with Gasteiger partial charge in [-0.15, -0.1) is 5.10 Å². The van der Waals surface area contributed by atoms with E-state index in [0.29, 0.717) is 18.7 Å². The summed E-state index contributed by atoms with van der Waals surface area (Å²) in [6, 6.07) is 14.3. The summed E-state index contributed by atoms with van der Waals surface area (Å²) in [6.07, 6.45) is 1.72. The molecule has 0 saturated heterocycles.